The summed E-state index contributed by atoms with van der Waals surface area (Å²) in [5, 5.41) is 3.34. The SMILES string of the molecule is COC(=O)C[C@@H]1Cc2ccccc2CN1. The van der Waals surface area contributed by atoms with Crippen LogP contribution in [0.15, 0.2) is 24.3 Å². The van der Waals surface area contributed by atoms with Crippen molar-refractivity contribution in [1.29, 1.82) is 0 Å². The van der Waals surface area contributed by atoms with Crippen LogP contribution >= 0.6 is 0 Å². The van der Waals surface area contributed by atoms with Crippen molar-refractivity contribution in [3.63, 3.8) is 0 Å². The Morgan fingerprint density at radius 1 is 1.47 bits per heavy atom. The zero-order valence-electron chi connectivity index (χ0n) is 8.82. The fourth-order valence-corrected chi connectivity index (χ4v) is 1.95. The Labute approximate surface area is 89.4 Å². The summed E-state index contributed by atoms with van der Waals surface area (Å²) < 4.78 is 4.66. The van der Waals surface area contributed by atoms with Gasteiger partial charge in [0.2, 0.25) is 0 Å². The molecule has 3 nitrogen and oxygen atoms in total. The molecule has 80 valence electrons. The smallest absolute Gasteiger partial charge is 0.307 e. The van der Waals surface area contributed by atoms with Crippen molar-refractivity contribution >= 4 is 5.97 Å². The Bertz CT molecular complexity index is 362. The van der Waals surface area contributed by atoms with Gasteiger partial charge in [0.1, 0.15) is 0 Å². The molecular formula is C12H15NO2. The van der Waals surface area contributed by atoms with Crippen LogP contribution in [0.4, 0.5) is 0 Å². The van der Waals surface area contributed by atoms with Crippen molar-refractivity contribution in [3.05, 3.63) is 35.4 Å². The Balaban J connectivity index is 2.02. The lowest BCUT2D eigenvalue weighted by Crippen LogP contribution is -2.37. The van der Waals surface area contributed by atoms with Gasteiger partial charge in [-0.05, 0) is 17.5 Å². The number of methoxy groups -OCH3 is 1. The lowest BCUT2D eigenvalue weighted by Gasteiger charge is -2.25. The van der Waals surface area contributed by atoms with Gasteiger partial charge in [0.05, 0.1) is 13.5 Å². The molecule has 1 aromatic rings. The second-order valence-electron chi connectivity index (χ2n) is 3.83. The third-order valence-corrected chi connectivity index (χ3v) is 2.81. The van der Waals surface area contributed by atoms with Crippen molar-refractivity contribution in [2.75, 3.05) is 7.11 Å². The zero-order chi connectivity index (χ0) is 10.7. The van der Waals surface area contributed by atoms with E-state index in [1.807, 2.05) is 12.1 Å². The molecule has 0 aromatic heterocycles. The Kier molecular flexibility index (Phi) is 3.02. The molecule has 1 atom stereocenters. The van der Waals surface area contributed by atoms with Crippen molar-refractivity contribution in [2.45, 2.75) is 25.4 Å². The van der Waals surface area contributed by atoms with Crippen molar-refractivity contribution in [1.82, 2.24) is 5.32 Å². The van der Waals surface area contributed by atoms with Gasteiger partial charge < -0.3 is 10.1 Å². The summed E-state index contributed by atoms with van der Waals surface area (Å²) in [6.07, 6.45) is 1.36. The van der Waals surface area contributed by atoms with Crippen LogP contribution in [-0.4, -0.2) is 19.1 Å². The molecule has 0 fully saturated rings. The number of carbonyl (C=O) groups excluding carboxylic acids is 1. The highest BCUT2D eigenvalue weighted by Gasteiger charge is 2.19. The van der Waals surface area contributed by atoms with E-state index < -0.39 is 0 Å². The molecular weight excluding hydrogens is 190 g/mol. The molecule has 0 saturated carbocycles. The summed E-state index contributed by atoms with van der Waals surface area (Å²) in [7, 11) is 1.43. The molecule has 1 aliphatic heterocycles. The summed E-state index contributed by atoms with van der Waals surface area (Å²) in [5.74, 6) is -0.146. The van der Waals surface area contributed by atoms with Gasteiger partial charge >= 0.3 is 5.97 Å². The van der Waals surface area contributed by atoms with Crippen molar-refractivity contribution in [3.8, 4) is 0 Å². The predicted molar refractivity (Wildman–Crippen MR) is 57.4 cm³/mol. The Morgan fingerprint density at radius 3 is 2.93 bits per heavy atom. The number of rotatable bonds is 2. The molecule has 1 N–H and O–H groups in total. The number of ether oxygens (including phenoxy) is 1. The molecule has 15 heavy (non-hydrogen) atoms. The van der Waals surface area contributed by atoms with Gasteiger partial charge in [-0.2, -0.15) is 0 Å². The number of benzene rings is 1. The van der Waals surface area contributed by atoms with Crippen LogP contribution in [0, 0.1) is 0 Å². The minimum Gasteiger partial charge on any atom is -0.469 e. The summed E-state index contributed by atoms with van der Waals surface area (Å²) >= 11 is 0. The maximum Gasteiger partial charge on any atom is 0.307 e. The van der Waals surface area contributed by atoms with E-state index in [9.17, 15) is 4.79 Å². The highest BCUT2D eigenvalue weighted by molar-refractivity contribution is 5.70. The van der Waals surface area contributed by atoms with Crippen LogP contribution in [0.3, 0.4) is 0 Å². The van der Waals surface area contributed by atoms with E-state index in [1.54, 1.807) is 0 Å². The van der Waals surface area contributed by atoms with E-state index in [0.717, 1.165) is 13.0 Å². The highest BCUT2D eigenvalue weighted by atomic mass is 16.5. The number of esters is 1. The molecule has 0 radical (unpaired) electrons. The first-order valence-corrected chi connectivity index (χ1v) is 5.16. The summed E-state index contributed by atoms with van der Waals surface area (Å²) in [6.45, 7) is 0.845. The average molecular weight is 205 g/mol. The molecule has 1 heterocycles. The van der Waals surface area contributed by atoms with E-state index in [0.29, 0.717) is 6.42 Å². The minimum absolute atomic E-state index is 0.146. The zero-order valence-corrected chi connectivity index (χ0v) is 8.82. The van der Waals surface area contributed by atoms with Gasteiger partial charge in [0.25, 0.3) is 0 Å². The van der Waals surface area contributed by atoms with E-state index in [2.05, 4.69) is 22.2 Å². The van der Waals surface area contributed by atoms with Crippen LogP contribution in [0.1, 0.15) is 17.5 Å². The van der Waals surface area contributed by atoms with Gasteiger partial charge in [0, 0.05) is 12.6 Å². The standard InChI is InChI=1S/C12H15NO2/c1-15-12(14)7-11-6-9-4-2-3-5-10(9)8-13-11/h2-5,11,13H,6-8H2,1H3/t11-/m0/s1. The first-order valence-electron chi connectivity index (χ1n) is 5.16. The maximum absolute atomic E-state index is 11.1. The molecule has 0 aliphatic carbocycles. The van der Waals surface area contributed by atoms with Crippen LogP contribution in [-0.2, 0) is 22.5 Å². The normalized spacial score (nSPS) is 19.4. The average Bonchev–Trinajstić information content (AvgIpc) is 2.29. The van der Waals surface area contributed by atoms with E-state index in [1.165, 1.54) is 18.2 Å². The number of hydrogen-bond donors (Lipinski definition) is 1. The first-order chi connectivity index (χ1) is 7.29. The largest absolute Gasteiger partial charge is 0.469 e. The molecule has 0 bridgehead atoms. The van der Waals surface area contributed by atoms with Gasteiger partial charge in [-0.3, -0.25) is 4.79 Å². The monoisotopic (exact) mass is 205 g/mol. The summed E-state index contributed by atoms with van der Waals surface area (Å²) in [5.41, 5.74) is 2.67. The van der Waals surface area contributed by atoms with Crippen LogP contribution in [0.2, 0.25) is 0 Å². The Morgan fingerprint density at radius 2 is 2.20 bits per heavy atom. The van der Waals surface area contributed by atoms with Gasteiger partial charge in [-0.25, -0.2) is 0 Å². The van der Waals surface area contributed by atoms with Crippen molar-refractivity contribution in [2.24, 2.45) is 0 Å². The molecule has 0 spiro atoms. The fourth-order valence-electron chi connectivity index (χ4n) is 1.95. The Hall–Kier alpha value is -1.35. The number of nitrogens with one attached hydrogen (secondary N) is 1. The number of fused-ring (bicyclic) bond motifs is 1. The minimum atomic E-state index is -0.146. The molecule has 0 unspecified atom stereocenters. The number of carbonyl (C=O) groups is 1. The molecule has 3 heteroatoms. The van der Waals surface area contributed by atoms with Gasteiger partial charge in [-0.15, -0.1) is 0 Å². The van der Waals surface area contributed by atoms with Crippen molar-refractivity contribution < 1.29 is 9.53 Å². The lowest BCUT2D eigenvalue weighted by atomic mass is 9.94. The fraction of sp³-hybridized carbons (Fsp3) is 0.417. The number of hydrogen-bond acceptors (Lipinski definition) is 3. The van der Waals surface area contributed by atoms with Gasteiger partial charge in [-0.1, -0.05) is 24.3 Å². The van der Waals surface area contributed by atoms with E-state index >= 15 is 0 Å². The molecule has 0 saturated heterocycles. The first kappa shape index (κ1) is 10.2. The molecule has 1 aliphatic rings. The van der Waals surface area contributed by atoms with Crippen LogP contribution < -0.4 is 5.32 Å². The maximum atomic E-state index is 11.1. The molecule has 0 amide bonds. The van der Waals surface area contributed by atoms with Crippen LogP contribution in [0.25, 0.3) is 0 Å². The lowest BCUT2D eigenvalue weighted by molar-refractivity contribution is -0.141. The summed E-state index contributed by atoms with van der Waals surface area (Å²) in [4.78, 5) is 11.1. The molecule has 1 aromatic carbocycles. The summed E-state index contributed by atoms with van der Waals surface area (Å²) in [6, 6.07) is 8.55. The topological polar surface area (TPSA) is 38.3 Å². The predicted octanol–water partition coefficient (Wildman–Crippen LogP) is 1.26. The second-order valence-corrected chi connectivity index (χ2v) is 3.83. The van der Waals surface area contributed by atoms with E-state index in [-0.39, 0.29) is 12.0 Å². The van der Waals surface area contributed by atoms with Crippen LogP contribution in [0.5, 0.6) is 0 Å². The van der Waals surface area contributed by atoms with Gasteiger partial charge in [0.15, 0.2) is 0 Å². The third kappa shape index (κ3) is 2.36. The molecule has 2 rings (SSSR count). The second kappa shape index (κ2) is 4.45. The van der Waals surface area contributed by atoms with E-state index in [4.69, 9.17) is 0 Å². The quantitative estimate of drug-likeness (QED) is 0.739. The third-order valence-electron chi connectivity index (χ3n) is 2.81. The highest BCUT2D eigenvalue weighted by Crippen LogP contribution is 2.17.